The molecule has 41 heavy (non-hydrogen) atoms. The van der Waals surface area contributed by atoms with Crippen LogP contribution in [0.4, 0.5) is 0 Å². The van der Waals surface area contributed by atoms with Gasteiger partial charge in [-0.05, 0) is 52.9 Å². The molecule has 0 spiro atoms. The van der Waals surface area contributed by atoms with Gasteiger partial charge in [0.05, 0.1) is 18.6 Å². The van der Waals surface area contributed by atoms with Crippen molar-refractivity contribution < 1.29 is 0 Å². The Balaban J connectivity index is 1.82. The van der Waals surface area contributed by atoms with E-state index < -0.39 is 0 Å². The van der Waals surface area contributed by atoms with E-state index in [4.69, 9.17) is 18.4 Å². The highest BCUT2D eigenvalue weighted by Crippen LogP contribution is 2.16. The smallest absolute Gasteiger partial charge is 0.369 e. The predicted octanol–water partition coefficient (Wildman–Crippen LogP) is 7.76. The molecule has 0 N–H and O–H groups in total. The molecule has 0 aromatic heterocycles. The summed E-state index contributed by atoms with van der Waals surface area (Å²) in [6.07, 6.45) is 10.8. The molecule has 6 nitrogen and oxygen atoms in total. The summed E-state index contributed by atoms with van der Waals surface area (Å²) in [5.74, 6) is 0.0267. The fraction of sp³-hybridized carbons (Fsp3) is 0.143. The normalized spacial score (nSPS) is 10.8. The minimum atomic E-state index is 0.0267. The first-order chi connectivity index (χ1) is 20.1. The molecule has 0 unspecified atom stereocenters. The zero-order valence-electron chi connectivity index (χ0n) is 22.8. The molecular weight excluding hydrogens is 504 g/mol. The minimum Gasteiger partial charge on any atom is -0.369 e. The third-order valence-electron chi connectivity index (χ3n) is 6.00. The van der Waals surface area contributed by atoms with Crippen LogP contribution in [0.2, 0.25) is 0 Å². The van der Waals surface area contributed by atoms with E-state index in [0.717, 1.165) is 16.7 Å². The third-order valence-corrected chi connectivity index (χ3v) is 6.00. The molecule has 6 heteroatoms. The Kier molecular flexibility index (Phi) is 12.3. The molecule has 0 bridgehead atoms. The van der Waals surface area contributed by atoms with Crippen molar-refractivity contribution in [1.29, 1.82) is 10.5 Å². The summed E-state index contributed by atoms with van der Waals surface area (Å²) in [7, 11) is 0. The summed E-state index contributed by atoms with van der Waals surface area (Å²) < 4.78 is 0. The van der Waals surface area contributed by atoms with E-state index in [0.29, 0.717) is 31.8 Å². The minimum absolute atomic E-state index is 0.0267. The van der Waals surface area contributed by atoms with Crippen molar-refractivity contribution in [2.24, 2.45) is 0 Å². The van der Waals surface area contributed by atoms with Crippen LogP contribution in [-0.4, -0.2) is 9.80 Å². The Morgan fingerprint density at radius 2 is 1.12 bits per heavy atom. The second kappa shape index (κ2) is 16.9. The lowest BCUT2D eigenvalue weighted by atomic mass is 10.1. The van der Waals surface area contributed by atoms with E-state index in [-0.39, 0.29) is 12.2 Å². The van der Waals surface area contributed by atoms with E-state index in [1.807, 2.05) is 60.9 Å². The second-order valence-corrected chi connectivity index (χ2v) is 9.17. The monoisotopic (exact) mass is 534 g/mol. The van der Waals surface area contributed by atoms with Crippen LogP contribution in [0.1, 0.15) is 28.7 Å². The van der Waals surface area contributed by atoms with Gasteiger partial charge in [-0.1, -0.05) is 84.9 Å². The van der Waals surface area contributed by atoms with Crippen LogP contribution < -0.4 is 0 Å². The van der Waals surface area contributed by atoms with Gasteiger partial charge < -0.3 is 9.80 Å². The first-order valence-corrected chi connectivity index (χ1v) is 13.0. The molecule has 0 atom stereocenters. The lowest BCUT2D eigenvalue weighted by molar-refractivity contribution is 0.356. The molecule has 3 aromatic rings. The van der Waals surface area contributed by atoms with Gasteiger partial charge in [0, 0.05) is 37.8 Å². The molecule has 3 rings (SSSR count). The highest BCUT2D eigenvalue weighted by molar-refractivity contribution is 5.29. The van der Waals surface area contributed by atoms with Gasteiger partial charge in [-0.3, -0.25) is 0 Å². The summed E-state index contributed by atoms with van der Waals surface area (Å²) in [6.45, 7) is 16.9. The van der Waals surface area contributed by atoms with Crippen molar-refractivity contribution in [3.05, 3.63) is 178 Å². The van der Waals surface area contributed by atoms with Crippen LogP contribution >= 0.6 is 0 Å². The number of nitrogens with zero attached hydrogens (tertiary/aromatic N) is 6. The first kappa shape index (κ1) is 29.7. The van der Waals surface area contributed by atoms with Gasteiger partial charge in [0.2, 0.25) is 0 Å². The molecular formula is C35H30N6. The maximum Gasteiger partial charge on any atom is 0.519 e. The van der Waals surface area contributed by atoms with Crippen molar-refractivity contribution in [2.45, 2.75) is 32.6 Å². The fourth-order valence-electron chi connectivity index (χ4n) is 4.11. The SMILES string of the molecule is [C-]#[N+]C(=CC=CN(Cc1ccccc1)Cc1cccc(CN(C=CC=C(C#N)CC#N)Cc2ccccc2)c1)[N+]#[C-]. The van der Waals surface area contributed by atoms with E-state index in [9.17, 15) is 5.26 Å². The van der Waals surface area contributed by atoms with Crippen LogP contribution in [0.25, 0.3) is 9.69 Å². The maximum atomic E-state index is 9.24. The van der Waals surface area contributed by atoms with Gasteiger partial charge >= 0.3 is 5.82 Å². The van der Waals surface area contributed by atoms with Crippen LogP contribution in [0.5, 0.6) is 0 Å². The molecule has 0 heterocycles. The topological polar surface area (TPSA) is 62.8 Å². The van der Waals surface area contributed by atoms with Crippen LogP contribution in [0.15, 0.2) is 133 Å². The van der Waals surface area contributed by atoms with Crippen molar-refractivity contribution in [2.75, 3.05) is 0 Å². The predicted molar refractivity (Wildman–Crippen MR) is 161 cm³/mol. The average molecular weight is 535 g/mol. The van der Waals surface area contributed by atoms with Gasteiger partial charge in [0.15, 0.2) is 0 Å². The summed E-state index contributed by atoms with van der Waals surface area (Å²) in [5, 5.41) is 18.2. The lowest BCUT2D eigenvalue weighted by Gasteiger charge is -2.23. The first-order valence-electron chi connectivity index (χ1n) is 13.0. The zero-order chi connectivity index (χ0) is 29.1. The van der Waals surface area contributed by atoms with E-state index >= 15 is 0 Å². The Hall–Kier alpha value is -5.82. The van der Waals surface area contributed by atoms with Crippen LogP contribution in [0.3, 0.4) is 0 Å². The van der Waals surface area contributed by atoms with Gasteiger partial charge in [0.25, 0.3) is 0 Å². The van der Waals surface area contributed by atoms with E-state index in [2.05, 4.69) is 74.1 Å². The number of allylic oxidation sites excluding steroid dienone is 5. The molecule has 200 valence electrons. The lowest BCUT2D eigenvalue weighted by Crippen LogP contribution is -2.18. The number of nitriles is 2. The van der Waals surface area contributed by atoms with Crippen molar-refractivity contribution >= 4 is 0 Å². The number of hydrogen-bond donors (Lipinski definition) is 0. The standard InChI is InChI=1S/C35H30N6/c1-38-35(39-2)19-11-23-41(27-32-14-7-4-8-15-32)29-34-17-9-16-33(24-34)28-40(26-31-12-5-3-6-13-31)22-10-18-30(25-37)20-21-36/h3-19,22-24H,20,26-29H2. The molecule has 0 aliphatic carbocycles. The second-order valence-electron chi connectivity index (χ2n) is 9.17. The molecule has 0 saturated carbocycles. The summed E-state index contributed by atoms with van der Waals surface area (Å²) in [6, 6.07) is 32.9. The van der Waals surface area contributed by atoms with Crippen molar-refractivity contribution in [3.8, 4) is 12.1 Å². The molecule has 0 amide bonds. The van der Waals surface area contributed by atoms with Gasteiger partial charge in [-0.15, -0.1) is 0 Å². The number of benzene rings is 3. The Bertz CT molecular complexity index is 1540. The highest BCUT2D eigenvalue weighted by Gasteiger charge is 2.07. The molecule has 0 aliphatic heterocycles. The Labute approximate surface area is 243 Å². The average Bonchev–Trinajstić information content (AvgIpc) is 3.00. The summed E-state index contributed by atoms with van der Waals surface area (Å²) in [5.41, 5.74) is 5.02. The van der Waals surface area contributed by atoms with E-state index in [1.165, 1.54) is 11.6 Å². The maximum absolute atomic E-state index is 9.24. The summed E-state index contributed by atoms with van der Waals surface area (Å²) >= 11 is 0. The highest BCUT2D eigenvalue weighted by atomic mass is 15.1. The molecule has 0 radical (unpaired) electrons. The largest absolute Gasteiger partial charge is 0.519 e. The third kappa shape index (κ3) is 10.8. The quantitative estimate of drug-likeness (QED) is 0.128. The Morgan fingerprint density at radius 3 is 1.59 bits per heavy atom. The zero-order valence-corrected chi connectivity index (χ0v) is 22.8. The van der Waals surface area contributed by atoms with Gasteiger partial charge in [-0.2, -0.15) is 20.2 Å². The molecule has 0 fully saturated rings. The summed E-state index contributed by atoms with van der Waals surface area (Å²) in [4.78, 5) is 10.8. The Morgan fingerprint density at radius 1 is 0.659 bits per heavy atom. The van der Waals surface area contributed by atoms with Crippen LogP contribution in [-0.2, 0) is 26.2 Å². The fourth-order valence-corrected chi connectivity index (χ4v) is 4.11. The van der Waals surface area contributed by atoms with Gasteiger partial charge in [0.1, 0.15) is 13.1 Å². The van der Waals surface area contributed by atoms with Crippen molar-refractivity contribution in [3.63, 3.8) is 0 Å². The van der Waals surface area contributed by atoms with Gasteiger partial charge in [-0.25, -0.2) is 0 Å². The van der Waals surface area contributed by atoms with Crippen LogP contribution in [0, 0.1) is 35.8 Å². The van der Waals surface area contributed by atoms with Crippen molar-refractivity contribution in [1.82, 2.24) is 9.80 Å². The number of hydrogen-bond acceptors (Lipinski definition) is 4. The molecule has 0 aliphatic rings. The molecule has 3 aromatic carbocycles. The van der Waals surface area contributed by atoms with E-state index in [1.54, 1.807) is 12.2 Å². The molecule has 0 saturated heterocycles. The number of rotatable bonds is 13.